The zero-order chi connectivity index (χ0) is 9.57. The van der Waals surface area contributed by atoms with Crippen molar-refractivity contribution in [3.05, 3.63) is 0 Å². The maximum atomic E-state index is 11.4. The lowest BCUT2D eigenvalue weighted by atomic mass is 9.64. The molecular weight excluding hydrogens is 152 g/mol. The third-order valence-corrected chi connectivity index (χ3v) is 2.71. The Morgan fingerprint density at radius 1 is 0.917 bits per heavy atom. The second kappa shape index (κ2) is 2.41. The summed E-state index contributed by atoms with van der Waals surface area (Å²) in [6, 6.07) is 0. The van der Waals surface area contributed by atoms with E-state index < -0.39 is 0 Å². The first kappa shape index (κ1) is 9.43. The van der Waals surface area contributed by atoms with Crippen LogP contribution in [0.15, 0.2) is 0 Å². The van der Waals surface area contributed by atoms with Gasteiger partial charge in [0, 0.05) is 10.8 Å². The number of carbonyl (C=O) groups excluding carboxylic acids is 2. The third-order valence-electron chi connectivity index (χ3n) is 2.71. The minimum atomic E-state index is -0.308. The predicted octanol–water partition coefficient (Wildman–Crippen LogP) is 1.97. The second-order valence-corrected chi connectivity index (χ2v) is 4.97. The Balaban J connectivity index is 2.93. The molecule has 0 aromatic heterocycles. The van der Waals surface area contributed by atoms with Gasteiger partial charge in [-0.2, -0.15) is 0 Å². The van der Waals surface area contributed by atoms with Crippen LogP contribution in [0.3, 0.4) is 0 Å². The summed E-state index contributed by atoms with van der Waals surface area (Å²) in [5, 5.41) is 0. The second-order valence-electron chi connectivity index (χ2n) is 4.97. The molecule has 2 nitrogen and oxygen atoms in total. The Bertz CT molecular complexity index is 212. The smallest absolute Gasteiger partial charge is 0.145 e. The molecule has 0 aliphatic heterocycles. The van der Waals surface area contributed by atoms with Crippen molar-refractivity contribution in [2.75, 3.05) is 0 Å². The average Bonchev–Trinajstić information content (AvgIpc) is 1.82. The number of ketones is 2. The summed E-state index contributed by atoms with van der Waals surface area (Å²) < 4.78 is 0. The highest BCUT2D eigenvalue weighted by molar-refractivity contribution is 6.06. The fraction of sp³-hybridized carbons (Fsp3) is 0.800. The Morgan fingerprint density at radius 2 is 1.25 bits per heavy atom. The topological polar surface area (TPSA) is 34.1 Å². The van der Waals surface area contributed by atoms with Crippen LogP contribution in [0.2, 0.25) is 0 Å². The molecule has 2 heteroatoms. The summed E-state index contributed by atoms with van der Waals surface area (Å²) >= 11 is 0. The SMILES string of the molecule is CC1(C)CC(C)(C)C(=O)CC1=O. The minimum Gasteiger partial charge on any atom is -0.299 e. The number of hydrogen-bond acceptors (Lipinski definition) is 2. The van der Waals surface area contributed by atoms with Gasteiger partial charge in [-0.25, -0.2) is 0 Å². The van der Waals surface area contributed by atoms with E-state index in [1.807, 2.05) is 27.7 Å². The molecule has 68 valence electrons. The number of Topliss-reactive ketones (excluding diaryl/α,β-unsaturated/α-hetero) is 2. The van der Waals surface area contributed by atoms with E-state index in [4.69, 9.17) is 0 Å². The molecule has 12 heavy (non-hydrogen) atoms. The van der Waals surface area contributed by atoms with Crippen molar-refractivity contribution < 1.29 is 9.59 Å². The normalized spacial score (nSPS) is 27.3. The van der Waals surface area contributed by atoms with E-state index in [0.29, 0.717) is 6.42 Å². The Labute approximate surface area is 73.3 Å². The van der Waals surface area contributed by atoms with Gasteiger partial charge >= 0.3 is 0 Å². The third kappa shape index (κ3) is 1.43. The highest BCUT2D eigenvalue weighted by Gasteiger charge is 2.44. The van der Waals surface area contributed by atoms with Gasteiger partial charge in [0.15, 0.2) is 0 Å². The molecule has 0 spiro atoms. The molecule has 1 rings (SSSR count). The molecule has 0 radical (unpaired) electrons. The van der Waals surface area contributed by atoms with E-state index in [9.17, 15) is 9.59 Å². The molecule has 0 aromatic carbocycles. The lowest BCUT2D eigenvalue weighted by Gasteiger charge is -2.37. The van der Waals surface area contributed by atoms with Crippen molar-refractivity contribution in [3.63, 3.8) is 0 Å². The molecule has 0 heterocycles. The van der Waals surface area contributed by atoms with E-state index in [-0.39, 0.29) is 28.8 Å². The molecule has 0 aromatic rings. The van der Waals surface area contributed by atoms with Crippen molar-refractivity contribution in [3.8, 4) is 0 Å². The molecule has 0 amide bonds. The maximum absolute atomic E-state index is 11.4. The van der Waals surface area contributed by atoms with Crippen molar-refractivity contribution in [2.24, 2.45) is 10.8 Å². The summed E-state index contributed by atoms with van der Waals surface area (Å²) in [7, 11) is 0. The van der Waals surface area contributed by atoms with Crippen molar-refractivity contribution in [2.45, 2.75) is 40.5 Å². The van der Waals surface area contributed by atoms with E-state index >= 15 is 0 Å². The summed E-state index contributed by atoms with van der Waals surface area (Å²) in [5.74, 6) is 0.179. The molecular formula is C10H16O2. The van der Waals surface area contributed by atoms with Gasteiger partial charge in [0.05, 0.1) is 6.42 Å². The summed E-state index contributed by atoms with van der Waals surface area (Å²) in [6.07, 6.45) is 0.803. The Kier molecular flexibility index (Phi) is 1.89. The maximum Gasteiger partial charge on any atom is 0.145 e. The molecule has 0 bridgehead atoms. The van der Waals surface area contributed by atoms with Crippen molar-refractivity contribution >= 4 is 11.6 Å². The first-order chi connectivity index (χ1) is 5.26. The predicted molar refractivity (Wildman–Crippen MR) is 46.8 cm³/mol. The van der Waals surface area contributed by atoms with Crippen LogP contribution in [-0.2, 0) is 9.59 Å². The zero-order valence-electron chi connectivity index (χ0n) is 8.23. The summed E-state index contributed by atoms with van der Waals surface area (Å²) in [6.45, 7) is 7.68. The molecule has 1 saturated carbocycles. The number of carbonyl (C=O) groups is 2. The van der Waals surface area contributed by atoms with Gasteiger partial charge in [-0.05, 0) is 6.42 Å². The quantitative estimate of drug-likeness (QED) is 0.518. The van der Waals surface area contributed by atoms with E-state index in [1.165, 1.54) is 0 Å². The average molecular weight is 168 g/mol. The van der Waals surface area contributed by atoms with E-state index in [1.54, 1.807) is 0 Å². The summed E-state index contributed by atoms with van der Waals surface area (Å²) in [5.41, 5.74) is -0.616. The molecule has 1 fully saturated rings. The van der Waals surface area contributed by atoms with Crippen LogP contribution in [0.5, 0.6) is 0 Å². The minimum absolute atomic E-state index is 0.0897. The molecule has 1 aliphatic rings. The van der Waals surface area contributed by atoms with Gasteiger partial charge in [-0.15, -0.1) is 0 Å². The van der Waals surface area contributed by atoms with Crippen LogP contribution in [-0.4, -0.2) is 11.6 Å². The first-order valence-corrected chi connectivity index (χ1v) is 4.32. The fourth-order valence-corrected chi connectivity index (χ4v) is 1.93. The first-order valence-electron chi connectivity index (χ1n) is 4.32. The summed E-state index contributed by atoms with van der Waals surface area (Å²) in [4.78, 5) is 22.8. The van der Waals surface area contributed by atoms with Crippen LogP contribution < -0.4 is 0 Å². The van der Waals surface area contributed by atoms with E-state index in [0.717, 1.165) is 0 Å². The molecule has 0 N–H and O–H groups in total. The highest BCUT2D eigenvalue weighted by atomic mass is 16.2. The van der Waals surface area contributed by atoms with Crippen LogP contribution in [0, 0.1) is 10.8 Å². The van der Waals surface area contributed by atoms with Gasteiger partial charge in [0.1, 0.15) is 11.6 Å². The zero-order valence-corrected chi connectivity index (χ0v) is 8.23. The molecule has 1 aliphatic carbocycles. The van der Waals surface area contributed by atoms with Gasteiger partial charge < -0.3 is 0 Å². The number of hydrogen-bond donors (Lipinski definition) is 0. The monoisotopic (exact) mass is 168 g/mol. The van der Waals surface area contributed by atoms with Crippen molar-refractivity contribution in [1.82, 2.24) is 0 Å². The Morgan fingerprint density at radius 3 is 1.50 bits per heavy atom. The Hall–Kier alpha value is -0.660. The lowest BCUT2D eigenvalue weighted by molar-refractivity contribution is -0.144. The lowest BCUT2D eigenvalue weighted by Crippen LogP contribution is -2.42. The van der Waals surface area contributed by atoms with Gasteiger partial charge in [0.2, 0.25) is 0 Å². The van der Waals surface area contributed by atoms with Gasteiger partial charge in [-0.1, -0.05) is 27.7 Å². The molecule has 0 unspecified atom stereocenters. The molecule has 0 saturated heterocycles. The van der Waals surface area contributed by atoms with Crippen LogP contribution in [0.4, 0.5) is 0 Å². The number of rotatable bonds is 0. The highest BCUT2D eigenvalue weighted by Crippen LogP contribution is 2.41. The van der Waals surface area contributed by atoms with Crippen LogP contribution >= 0.6 is 0 Å². The van der Waals surface area contributed by atoms with Crippen LogP contribution in [0.1, 0.15) is 40.5 Å². The van der Waals surface area contributed by atoms with E-state index in [2.05, 4.69) is 0 Å². The van der Waals surface area contributed by atoms with Gasteiger partial charge in [0.25, 0.3) is 0 Å². The fourth-order valence-electron chi connectivity index (χ4n) is 1.93. The van der Waals surface area contributed by atoms with Gasteiger partial charge in [-0.3, -0.25) is 9.59 Å². The largest absolute Gasteiger partial charge is 0.299 e. The standard InChI is InChI=1S/C10H16O2/c1-9(2)6-10(3,4)8(12)5-7(9)11/h5-6H2,1-4H3. The molecule has 0 atom stereocenters. The van der Waals surface area contributed by atoms with Crippen LogP contribution in [0.25, 0.3) is 0 Å². The van der Waals surface area contributed by atoms with Crippen molar-refractivity contribution in [1.29, 1.82) is 0 Å².